The Kier molecular flexibility index (Phi) is 4.98. The molecule has 0 spiro atoms. The second kappa shape index (κ2) is 6.51. The van der Waals surface area contributed by atoms with E-state index < -0.39 is 0 Å². The topological polar surface area (TPSA) is 55.9 Å². The summed E-state index contributed by atoms with van der Waals surface area (Å²) < 4.78 is 15.8. The predicted molar refractivity (Wildman–Crippen MR) is 78.1 cm³/mol. The average Bonchev–Trinajstić information content (AvgIpc) is 2.71. The summed E-state index contributed by atoms with van der Waals surface area (Å²) in [6.07, 6.45) is 1.73. The van der Waals surface area contributed by atoms with Gasteiger partial charge in [0.1, 0.15) is 5.82 Å². The van der Waals surface area contributed by atoms with Gasteiger partial charge in [0.25, 0.3) is 0 Å². The minimum absolute atomic E-state index is 0.0739. The van der Waals surface area contributed by atoms with E-state index in [1.165, 1.54) is 23.9 Å². The van der Waals surface area contributed by atoms with Crippen LogP contribution >= 0.6 is 27.7 Å². The van der Waals surface area contributed by atoms with E-state index in [9.17, 15) is 4.39 Å². The Morgan fingerprint density at radius 1 is 1.58 bits per heavy atom. The van der Waals surface area contributed by atoms with Crippen LogP contribution < -0.4 is 11.3 Å². The Morgan fingerprint density at radius 3 is 2.95 bits per heavy atom. The van der Waals surface area contributed by atoms with E-state index in [1.54, 1.807) is 16.9 Å². The van der Waals surface area contributed by atoms with Crippen LogP contribution in [-0.2, 0) is 7.05 Å². The fourth-order valence-corrected chi connectivity index (χ4v) is 3.36. The fourth-order valence-electron chi connectivity index (χ4n) is 1.75. The second-order valence-corrected chi connectivity index (χ2v) is 5.94. The van der Waals surface area contributed by atoms with Gasteiger partial charge in [-0.1, -0.05) is 6.07 Å². The van der Waals surface area contributed by atoms with Crippen LogP contribution in [0.1, 0.15) is 11.7 Å². The van der Waals surface area contributed by atoms with Gasteiger partial charge >= 0.3 is 0 Å². The molecule has 2 rings (SSSR count). The lowest BCUT2D eigenvalue weighted by molar-refractivity contribution is 0.552. The minimum Gasteiger partial charge on any atom is -0.271 e. The monoisotopic (exact) mass is 344 g/mol. The first-order valence-corrected chi connectivity index (χ1v) is 7.41. The van der Waals surface area contributed by atoms with Crippen LogP contribution in [0, 0.1) is 5.82 Å². The summed E-state index contributed by atoms with van der Waals surface area (Å²) in [5.74, 6) is 6.04. The number of hydrogen-bond donors (Lipinski definition) is 2. The molecule has 1 heterocycles. The standard InChI is InChI=1S/C12H14BrFN4S/c1-18-12(10(13)6-16-18)11(17-15)7-19-9-4-2-3-8(14)5-9/h2-6,11,17H,7,15H2,1H3. The molecule has 0 saturated heterocycles. The summed E-state index contributed by atoms with van der Waals surface area (Å²) in [6, 6.07) is 6.44. The largest absolute Gasteiger partial charge is 0.271 e. The van der Waals surface area contributed by atoms with Crippen LogP contribution in [0.15, 0.2) is 39.8 Å². The van der Waals surface area contributed by atoms with Crippen molar-refractivity contribution in [3.05, 3.63) is 46.4 Å². The van der Waals surface area contributed by atoms with Crippen molar-refractivity contribution >= 4 is 27.7 Å². The first kappa shape index (κ1) is 14.5. The van der Waals surface area contributed by atoms with Crippen LogP contribution in [0.3, 0.4) is 0 Å². The molecule has 1 aromatic carbocycles. The maximum Gasteiger partial charge on any atom is 0.124 e. The van der Waals surface area contributed by atoms with Gasteiger partial charge in [0.15, 0.2) is 0 Å². The molecule has 0 amide bonds. The molecule has 1 atom stereocenters. The number of halogens is 2. The van der Waals surface area contributed by atoms with Crippen molar-refractivity contribution in [2.45, 2.75) is 10.9 Å². The number of hydrogen-bond acceptors (Lipinski definition) is 4. The Balaban J connectivity index is 2.08. The fraction of sp³-hybridized carbons (Fsp3) is 0.250. The SMILES string of the molecule is Cn1ncc(Br)c1C(CSc1cccc(F)c1)NN. The van der Waals surface area contributed by atoms with E-state index in [2.05, 4.69) is 26.5 Å². The Morgan fingerprint density at radius 2 is 2.37 bits per heavy atom. The molecule has 0 bridgehead atoms. The molecule has 0 saturated carbocycles. The van der Waals surface area contributed by atoms with Gasteiger partial charge in [-0.05, 0) is 34.1 Å². The van der Waals surface area contributed by atoms with Gasteiger partial charge in [0.2, 0.25) is 0 Å². The van der Waals surface area contributed by atoms with Gasteiger partial charge in [-0.25, -0.2) is 4.39 Å². The number of aromatic nitrogens is 2. The quantitative estimate of drug-likeness (QED) is 0.497. The summed E-state index contributed by atoms with van der Waals surface area (Å²) in [7, 11) is 1.86. The van der Waals surface area contributed by atoms with E-state index in [4.69, 9.17) is 5.84 Å². The molecule has 3 N–H and O–H groups in total. The number of hydrazine groups is 1. The van der Waals surface area contributed by atoms with Gasteiger partial charge < -0.3 is 0 Å². The summed E-state index contributed by atoms with van der Waals surface area (Å²) >= 11 is 4.99. The third-order valence-electron chi connectivity index (χ3n) is 2.68. The van der Waals surface area contributed by atoms with E-state index in [0.29, 0.717) is 5.75 Å². The minimum atomic E-state index is -0.232. The first-order chi connectivity index (χ1) is 9.11. The highest BCUT2D eigenvalue weighted by atomic mass is 79.9. The first-order valence-electron chi connectivity index (χ1n) is 5.63. The number of nitrogens with zero attached hydrogens (tertiary/aromatic N) is 2. The van der Waals surface area contributed by atoms with Crippen molar-refractivity contribution in [2.24, 2.45) is 12.9 Å². The van der Waals surface area contributed by atoms with Crippen LogP contribution in [0.4, 0.5) is 4.39 Å². The number of aryl methyl sites for hydroxylation is 1. The highest BCUT2D eigenvalue weighted by molar-refractivity contribution is 9.10. The summed E-state index contributed by atoms with van der Waals surface area (Å²) in [4.78, 5) is 0.874. The van der Waals surface area contributed by atoms with Gasteiger partial charge in [-0.3, -0.25) is 16.0 Å². The van der Waals surface area contributed by atoms with Crippen molar-refractivity contribution in [1.82, 2.24) is 15.2 Å². The zero-order valence-corrected chi connectivity index (χ0v) is 12.7. The summed E-state index contributed by atoms with van der Waals surface area (Å²) in [6.45, 7) is 0. The zero-order chi connectivity index (χ0) is 13.8. The Hall–Kier alpha value is -0.890. The van der Waals surface area contributed by atoms with Gasteiger partial charge in [0, 0.05) is 17.7 Å². The van der Waals surface area contributed by atoms with Crippen LogP contribution in [0.2, 0.25) is 0 Å². The van der Waals surface area contributed by atoms with Gasteiger partial charge in [0.05, 0.1) is 22.4 Å². The lowest BCUT2D eigenvalue weighted by Crippen LogP contribution is -2.31. The third kappa shape index (κ3) is 3.56. The van der Waals surface area contributed by atoms with Crippen molar-refractivity contribution < 1.29 is 4.39 Å². The van der Waals surface area contributed by atoms with E-state index in [0.717, 1.165) is 15.1 Å². The summed E-state index contributed by atoms with van der Waals surface area (Å²) in [5.41, 5.74) is 3.73. The van der Waals surface area contributed by atoms with Crippen molar-refractivity contribution in [1.29, 1.82) is 0 Å². The molecule has 1 aromatic heterocycles. The highest BCUT2D eigenvalue weighted by Crippen LogP contribution is 2.28. The molecular formula is C12H14BrFN4S. The van der Waals surface area contributed by atoms with Gasteiger partial charge in [-0.2, -0.15) is 5.10 Å². The molecule has 0 aliphatic heterocycles. The van der Waals surface area contributed by atoms with E-state index >= 15 is 0 Å². The molecule has 1 unspecified atom stereocenters. The average molecular weight is 345 g/mol. The Bertz CT molecular complexity index is 541. The van der Waals surface area contributed by atoms with Crippen LogP contribution in [0.5, 0.6) is 0 Å². The Labute approximate surface area is 123 Å². The normalized spacial score (nSPS) is 12.6. The molecule has 19 heavy (non-hydrogen) atoms. The molecule has 102 valence electrons. The smallest absolute Gasteiger partial charge is 0.124 e. The maximum absolute atomic E-state index is 13.1. The number of rotatable bonds is 5. The summed E-state index contributed by atoms with van der Waals surface area (Å²) in [5, 5.41) is 4.16. The van der Waals surface area contributed by atoms with Crippen molar-refractivity contribution in [3.63, 3.8) is 0 Å². The molecular weight excluding hydrogens is 331 g/mol. The molecule has 2 aromatic rings. The van der Waals surface area contributed by atoms with E-state index in [1.807, 2.05) is 13.1 Å². The molecule has 0 aliphatic rings. The molecule has 0 radical (unpaired) electrons. The van der Waals surface area contributed by atoms with E-state index in [-0.39, 0.29) is 11.9 Å². The van der Waals surface area contributed by atoms with Crippen molar-refractivity contribution in [3.8, 4) is 0 Å². The molecule has 0 aliphatic carbocycles. The molecule has 0 fully saturated rings. The lowest BCUT2D eigenvalue weighted by atomic mass is 10.2. The third-order valence-corrected chi connectivity index (χ3v) is 4.38. The number of benzene rings is 1. The lowest BCUT2D eigenvalue weighted by Gasteiger charge is -2.16. The van der Waals surface area contributed by atoms with Crippen molar-refractivity contribution in [2.75, 3.05) is 5.75 Å². The predicted octanol–water partition coefficient (Wildman–Crippen LogP) is 2.62. The van der Waals surface area contributed by atoms with Crippen LogP contribution in [-0.4, -0.2) is 15.5 Å². The number of nitrogens with one attached hydrogen (secondary N) is 1. The second-order valence-electron chi connectivity index (χ2n) is 3.99. The molecule has 7 heteroatoms. The molecule has 4 nitrogen and oxygen atoms in total. The van der Waals surface area contributed by atoms with Crippen LogP contribution in [0.25, 0.3) is 0 Å². The maximum atomic E-state index is 13.1. The zero-order valence-electron chi connectivity index (χ0n) is 10.3. The number of thioether (sulfide) groups is 1. The number of nitrogens with two attached hydrogens (primary N) is 1. The van der Waals surface area contributed by atoms with Gasteiger partial charge in [-0.15, -0.1) is 11.8 Å². The highest BCUT2D eigenvalue weighted by Gasteiger charge is 2.17.